The first kappa shape index (κ1) is 22.4. The molecule has 6 heteroatoms. The van der Waals surface area contributed by atoms with Crippen molar-refractivity contribution >= 4 is 46.8 Å². The summed E-state index contributed by atoms with van der Waals surface area (Å²) in [6.07, 6.45) is 3.98. The summed E-state index contributed by atoms with van der Waals surface area (Å²) in [7, 11) is 0. The Hall–Kier alpha value is -2.27. The van der Waals surface area contributed by atoms with Crippen LogP contribution in [0.2, 0.25) is 10.0 Å². The summed E-state index contributed by atoms with van der Waals surface area (Å²) in [5.74, 6) is 1.19. The number of hydrogen-bond acceptors (Lipinski definition) is 4. The minimum absolute atomic E-state index is 0.0466. The molecule has 1 aromatic heterocycles. The molecule has 0 spiro atoms. The van der Waals surface area contributed by atoms with Gasteiger partial charge in [-0.2, -0.15) is 0 Å². The molecule has 0 unspecified atom stereocenters. The molecule has 0 bridgehead atoms. The monoisotopic (exact) mass is 457 g/mol. The van der Waals surface area contributed by atoms with Gasteiger partial charge >= 0.3 is 0 Å². The van der Waals surface area contributed by atoms with Crippen LogP contribution >= 0.6 is 35.0 Å². The third-order valence-corrected chi connectivity index (χ3v) is 6.22. The van der Waals surface area contributed by atoms with Crippen molar-refractivity contribution in [3.05, 3.63) is 93.7 Å². The van der Waals surface area contributed by atoms with E-state index in [-0.39, 0.29) is 5.78 Å². The van der Waals surface area contributed by atoms with Crippen molar-refractivity contribution in [2.24, 2.45) is 0 Å². The van der Waals surface area contributed by atoms with Crippen molar-refractivity contribution < 1.29 is 9.53 Å². The Labute approximate surface area is 191 Å². The minimum Gasteiger partial charge on any atom is -0.491 e. The van der Waals surface area contributed by atoms with Gasteiger partial charge in [-0.3, -0.25) is 4.79 Å². The summed E-state index contributed by atoms with van der Waals surface area (Å²) < 4.78 is 5.96. The van der Waals surface area contributed by atoms with Gasteiger partial charge in [0.15, 0.2) is 5.78 Å². The molecule has 1 heterocycles. The van der Waals surface area contributed by atoms with Gasteiger partial charge in [0.2, 0.25) is 0 Å². The molecule has 0 saturated carbocycles. The maximum Gasteiger partial charge on any atom is 0.152 e. The maximum atomic E-state index is 11.4. The van der Waals surface area contributed by atoms with Crippen LogP contribution < -0.4 is 4.74 Å². The van der Waals surface area contributed by atoms with E-state index in [0.29, 0.717) is 33.8 Å². The Balaban J connectivity index is 1.72. The Kier molecular flexibility index (Phi) is 8.38. The first-order valence-electron chi connectivity index (χ1n) is 9.45. The van der Waals surface area contributed by atoms with Crippen LogP contribution in [-0.4, -0.2) is 17.4 Å². The van der Waals surface area contributed by atoms with Gasteiger partial charge in [-0.05, 0) is 48.9 Å². The molecule has 0 radical (unpaired) electrons. The zero-order chi connectivity index (χ0) is 21.3. The van der Waals surface area contributed by atoms with Gasteiger partial charge in [0.05, 0.1) is 22.3 Å². The number of ether oxygens (including phenoxy) is 1. The van der Waals surface area contributed by atoms with E-state index >= 15 is 0 Å². The molecule has 0 amide bonds. The van der Waals surface area contributed by atoms with E-state index in [1.54, 1.807) is 6.08 Å². The molecule has 154 valence electrons. The number of allylic oxidation sites excluding steroid dienone is 1. The highest BCUT2D eigenvalue weighted by Crippen LogP contribution is 2.35. The Morgan fingerprint density at radius 2 is 1.77 bits per heavy atom. The van der Waals surface area contributed by atoms with Gasteiger partial charge in [0.1, 0.15) is 11.4 Å². The van der Waals surface area contributed by atoms with Crippen LogP contribution in [0.15, 0.2) is 71.6 Å². The summed E-state index contributed by atoms with van der Waals surface area (Å²) in [6.45, 7) is 2.03. The number of rotatable bonds is 9. The van der Waals surface area contributed by atoms with E-state index in [4.69, 9.17) is 27.9 Å². The SMILES string of the molecule is CC(=O)C=Cc1nc(CSc2c(Cl)cccc2Cl)ccc1OCCc1ccccc1. The van der Waals surface area contributed by atoms with Gasteiger partial charge < -0.3 is 4.74 Å². The van der Waals surface area contributed by atoms with Gasteiger partial charge in [-0.25, -0.2) is 4.98 Å². The van der Waals surface area contributed by atoms with Crippen LogP contribution in [0.5, 0.6) is 5.75 Å². The van der Waals surface area contributed by atoms with Crippen molar-refractivity contribution in [1.82, 2.24) is 4.98 Å². The molecule has 0 saturated heterocycles. The van der Waals surface area contributed by atoms with Crippen molar-refractivity contribution in [3.8, 4) is 5.75 Å². The standard InChI is InChI=1S/C24H21Cl2NO2S/c1-17(28)10-12-22-23(29-15-14-18-6-3-2-4-7-18)13-11-19(27-22)16-30-24-20(25)8-5-9-21(24)26/h2-13H,14-16H2,1H3. The lowest BCUT2D eigenvalue weighted by Gasteiger charge is -2.11. The smallest absolute Gasteiger partial charge is 0.152 e. The Morgan fingerprint density at radius 1 is 1.03 bits per heavy atom. The van der Waals surface area contributed by atoms with E-state index < -0.39 is 0 Å². The molecule has 0 N–H and O–H groups in total. The molecule has 0 aliphatic rings. The normalized spacial score (nSPS) is 11.0. The second-order valence-electron chi connectivity index (χ2n) is 6.55. The van der Waals surface area contributed by atoms with Crippen LogP contribution in [0, 0.1) is 0 Å². The summed E-state index contributed by atoms with van der Waals surface area (Å²) in [6, 6.07) is 19.4. The molecule has 3 aromatic rings. The average molecular weight is 458 g/mol. The third kappa shape index (κ3) is 6.63. The summed E-state index contributed by atoms with van der Waals surface area (Å²) in [5, 5.41) is 1.23. The first-order valence-corrected chi connectivity index (χ1v) is 11.2. The minimum atomic E-state index is -0.0466. The molecule has 0 aliphatic carbocycles. The van der Waals surface area contributed by atoms with Crippen molar-refractivity contribution in [2.45, 2.75) is 24.0 Å². The number of hydrogen-bond donors (Lipinski definition) is 0. The number of thioether (sulfide) groups is 1. The zero-order valence-electron chi connectivity index (χ0n) is 16.5. The number of ketones is 1. The quantitative estimate of drug-likeness (QED) is 0.258. The molecule has 0 aliphatic heterocycles. The predicted octanol–water partition coefficient (Wildman–Crippen LogP) is 6.90. The highest BCUT2D eigenvalue weighted by molar-refractivity contribution is 7.98. The van der Waals surface area contributed by atoms with Crippen molar-refractivity contribution in [2.75, 3.05) is 6.61 Å². The number of nitrogens with zero attached hydrogens (tertiary/aromatic N) is 1. The van der Waals surface area contributed by atoms with Gasteiger partial charge in [-0.1, -0.05) is 59.6 Å². The lowest BCUT2D eigenvalue weighted by atomic mass is 10.2. The van der Waals surface area contributed by atoms with Crippen molar-refractivity contribution in [1.29, 1.82) is 0 Å². The fraction of sp³-hybridized carbons (Fsp3) is 0.167. The molecular weight excluding hydrogens is 437 g/mol. The Morgan fingerprint density at radius 3 is 2.47 bits per heavy atom. The molecule has 0 atom stereocenters. The molecular formula is C24H21Cl2NO2S. The highest BCUT2D eigenvalue weighted by Gasteiger charge is 2.10. The third-order valence-electron chi connectivity index (χ3n) is 4.19. The van der Waals surface area contributed by atoms with Gasteiger partial charge in [0.25, 0.3) is 0 Å². The fourth-order valence-electron chi connectivity index (χ4n) is 2.71. The highest BCUT2D eigenvalue weighted by atomic mass is 35.5. The number of aromatic nitrogens is 1. The number of carbonyl (C=O) groups excluding carboxylic acids is 1. The predicted molar refractivity (Wildman–Crippen MR) is 126 cm³/mol. The van der Waals surface area contributed by atoms with Gasteiger partial charge in [0, 0.05) is 17.1 Å². The van der Waals surface area contributed by atoms with Crippen LogP contribution in [-0.2, 0) is 17.0 Å². The molecule has 0 fully saturated rings. The van der Waals surface area contributed by atoms with Crippen LogP contribution in [0.4, 0.5) is 0 Å². The lowest BCUT2D eigenvalue weighted by molar-refractivity contribution is -0.112. The second-order valence-corrected chi connectivity index (χ2v) is 8.35. The molecule has 3 nitrogen and oxygen atoms in total. The lowest BCUT2D eigenvalue weighted by Crippen LogP contribution is -2.04. The van der Waals surface area contributed by atoms with Crippen LogP contribution in [0.3, 0.4) is 0 Å². The van der Waals surface area contributed by atoms with E-state index in [0.717, 1.165) is 17.0 Å². The largest absolute Gasteiger partial charge is 0.491 e. The zero-order valence-corrected chi connectivity index (χ0v) is 18.8. The second kappa shape index (κ2) is 11.2. The van der Waals surface area contributed by atoms with Crippen molar-refractivity contribution in [3.63, 3.8) is 0 Å². The molecule has 3 rings (SSSR count). The van der Waals surface area contributed by atoms with Crippen LogP contribution in [0.25, 0.3) is 6.08 Å². The Bertz CT molecular complexity index is 1020. The van der Waals surface area contributed by atoms with E-state index in [2.05, 4.69) is 17.1 Å². The summed E-state index contributed by atoms with van der Waals surface area (Å²) in [4.78, 5) is 16.9. The van der Waals surface area contributed by atoms with E-state index in [9.17, 15) is 4.79 Å². The molecule has 30 heavy (non-hydrogen) atoms. The maximum absolute atomic E-state index is 11.4. The number of pyridine rings is 1. The fourth-order valence-corrected chi connectivity index (χ4v) is 4.30. The summed E-state index contributed by atoms with van der Waals surface area (Å²) in [5.41, 5.74) is 2.67. The first-order chi connectivity index (χ1) is 14.5. The average Bonchev–Trinajstić information content (AvgIpc) is 2.73. The van der Waals surface area contributed by atoms with E-state index in [1.807, 2.05) is 48.5 Å². The molecule has 2 aromatic carbocycles. The van der Waals surface area contributed by atoms with Crippen LogP contribution in [0.1, 0.15) is 23.9 Å². The summed E-state index contributed by atoms with van der Waals surface area (Å²) >= 11 is 14.0. The number of benzene rings is 2. The number of carbonyl (C=O) groups is 1. The number of halogens is 2. The van der Waals surface area contributed by atoms with E-state index in [1.165, 1.54) is 30.3 Å². The van der Waals surface area contributed by atoms with Gasteiger partial charge in [-0.15, -0.1) is 11.8 Å². The topological polar surface area (TPSA) is 39.2 Å².